The Labute approximate surface area is 143 Å². The number of hydrogen-bond donors (Lipinski definition) is 0. The van der Waals surface area contributed by atoms with Crippen LogP contribution in [0, 0.1) is 0 Å². The minimum Gasteiger partial charge on any atom is -0.444 e. The first-order valence-corrected chi connectivity index (χ1v) is 8.91. The monoisotopic (exact) mass is 342 g/mol. The molecule has 0 aromatic carbocycles. The van der Waals surface area contributed by atoms with Gasteiger partial charge in [-0.2, -0.15) is 0 Å². The van der Waals surface area contributed by atoms with Crippen LogP contribution in [0.2, 0.25) is 0 Å². The van der Waals surface area contributed by atoms with Gasteiger partial charge in [-0.1, -0.05) is 6.07 Å². The third-order valence-electron chi connectivity index (χ3n) is 4.31. The van der Waals surface area contributed by atoms with Gasteiger partial charge in [0.25, 0.3) is 0 Å². The molecule has 0 aliphatic carbocycles. The van der Waals surface area contributed by atoms with Crippen LogP contribution in [-0.2, 0) is 11.2 Å². The molecule has 124 valence electrons. The standard InChI is InChI=1S/C17H18N4O2S/c22-16(9-13-11-23-17(19-13)15-4-2-8-24-15)20-6-1-3-14(10-20)21-7-5-18-12-21/h2,4-5,7-8,11-12,14H,1,3,6,9-10H2. The average molecular weight is 342 g/mol. The predicted molar refractivity (Wildman–Crippen MR) is 90.6 cm³/mol. The van der Waals surface area contributed by atoms with Crippen molar-refractivity contribution in [2.75, 3.05) is 13.1 Å². The van der Waals surface area contributed by atoms with E-state index in [1.165, 1.54) is 0 Å². The number of aromatic nitrogens is 3. The molecule has 1 amide bonds. The van der Waals surface area contributed by atoms with Gasteiger partial charge in [-0.25, -0.2) is 9.97 Å². The number of hydrogen-bond acceptors (Lipinski definition) is 5. The van der Waals surface area contributed by atoms with E-state index < -0.39 is 0 Å². The maximum atomic E-state index is 12.6. The molecule has 1 aliphatic rings. The van der Waals surface area contributed by atoms with Gasteiger partial charge in [-0.15, -0.1) is 11.3 Å². The van der Waals surface area contributed by atoms with Gasteiger partial charge in [0.05, 0.1) is 29.4 Å². The Bertz CT molecular complexity index is 795. The summed E-state index contributed by atoms with van der Waals surface area (Å²) in [6.07, 6.45) is 9.52. The van der Waals surface area contributed by atoms with Crippen molar-refractivity contribution in [3.8, 4) is 10.8 Å². The van der Waals surface area contributed by atoms with Crippen LogP contribution in [0.1, 0.15) is 24.6 Å². The minimum atomic E-state index is 0.103. The van der Waals surface area contributed by atoms with E-state index in [1.807, 2.05) is 34.9 Å². The Balaban J connectivity index is 1.41. The largest absolute Gasteiger partial charge is 0.444 e. The van der Waals surface area contributed by atoms with Gasteiger partial charge in [-0.3, -0.25) is 4.79 Å². The maximum Gasteiger partial charge on any atom is 0.236 e. The molecular formula is C17H18N4O2S. The average Bonchev–Trinajstić information content (AvgIpc) is 3.36. The number of carbonyl (C=O) groups excluding carboxylic acids is 1. The molecule has 0 saturated carbocycles. The molecule has 3 aromatic rings. The highest BCUT2D eigenvalue weighted by Gasteiger charge is 2.25. The van der Waals surface area contributed by atoms with E-state index in [1.54, 1.807) is 23.8 Å². The molecule has 0 spiro atoms. The second-order valence-electron chi connectivity index (χ2n) is 5.94. The van der Waals surface area contributed by atoms with Gasteiger partial charge in [0, 0.05) is 25.5 Å². The second-order valence-corrected chi connectivity index (χ2v) is 6.89. The number of imidazole rings is 1. The van der Waals surface area contributed by atoms with Crippen LogP contribution in [0.25, 0.3) is 10.8 Å². The van der Waals surface area contributed by atoms with Crippen LogP contribution in [0.3, 0.4) is 0 Å². The van der Waals surface area contributed by atoms with Crippen LogP contribution < -0.4 is 0 Å². The lowest BCUT2D eigenvalue weighted by Crippen LogP contribution is -2.41. The summed E-state index contributed by atoms with van der Waals surface area (Å²) >= 11 is 1.57. The van der Waals surface area contributed by atoms with Gasteiger partial charge in [0.1, 0.15) is 6.26 Å². The molecule has 1 fully saturated rings. The zero-order valence-electron chi connectivity index (χ0n) is 13.2. The molecular weight excluding hydrogens is 324 g/mol. The maximum absolute atomic E-state index is 12.6. The Morgan fingerprint density at radius 2 is 2.42 bits per heavy atom. The van der Waals surface area contributed by atoms with Crippen LogP contribution in [0.4, 0.5) is 0 Å². The topological polar surface area (TPSA) is 64.2 Å². The molecule has 6 nitrogen and oxygen atoms in total. The van der Waals surface area contributed by atoms with Crippen molar-refractivity contribution in [2.24, 2.45) is 0 Å². The number of piperidine rings is 1. The lowest BCUT2D eigenvalue weighted by atomic mass is 10.1. The quantitative estimate of drug-likeness (QED) is 0.731. The summed E-state index contributed by atoms with van der Waals surface area (Å²) in [5, 5.41) is 1.98. The fourth-order valence-corrected chi connectivity index (χ4v) is 3.73. The number of thiophene rings is 1. The molecule has 4 rings (SSSR count). The predicted octanol–water partition coefficient (Wildman–Crippen LogP) is 3.01. The fraction of sp³-hybridized carbons (Fsp3) is 0.353. The molecule has 4 heterocycles. The fourth-order valence-electron chi connectivity index (χ4n) is 3.08. The van der Waals surface area contributed by atoms with Crippen molar-refractivity contribution in [1.29, 1.82) is 0 Å². The summed E-state index contributed by atoms with van der Waals surface area (Å²) in [4.78, 5) is 24.0. The first-order valence-electron chi connectivity index (χ1n) is 8.03. The lowest BCUT2D eigenvalue weighted by molar-refractivity contribution is -0.132. The number of likely N-dealkylation sites (tertiary alicyclic amines) is 1. The second kappa shape index (κ2) is 6.60. The molecule has 24 heavy (non-hydrogen) atoms. The SMILES string of the molecule is O=C(Cc1coc(-c2cccs2)n1)N1CCCC(n2ccnc2)C1. The summed E-state index contributed by atoms with van der Waals surface area (Å²) in [6, 6.07) is 4.23. The highest BCUT2D eigenvalue weighted by molar-refractivity contribution is 7.13. The van der Waals surface area contributed by atoms with Crippen molar-refractivity contribution >= 4 is 17.2 Å². The van der Waals surface area contributed by atoms with Crippen LogP contribution in [-0.4, -0.2) is 38.4 Å². The van der Waals surface area contributed by atoms with Crippen LogP contribution >= 0.6 is 11.3 Å². The Morgan fingerprint density at radius 1 is 1.46 bits per heavy atom. The van der Waals surface area contributed by atoms with Crippen LogP contribution in [0.15, 0.2) is 46.9 Å². The summed E-state index contributed by atoms with van der Waals surface area (Å²) < 4.78 is 7.58. The van der Waals surface area contributed by atoms with E-state index in [4.69, 9.17) is 4.42 Å². The smallest absolute Gasteiger partial charge is 0.236 e. The summed E-state index contributed by atoms with van der Waals surface area (Å²) in [5.74, 6) is 0.689. The third kappa shape index (κ3) is 3.12. The Hall–Kier alpha value is -2.41. The van der Waals surface area contributed by atoms with E-state index in [9.17, 15) is 4.79 Å². The van der Waals surface area contributed by atoms with E-state index in [-0.39, 0.29) is 12.3 Å². The van der Waals surface area contributed by atoms with Crippen molar-refractivity contribution < 1.29 is 9.21 Å². The van der Waals surface area contributed by atoms with Crippen molar-refractivity contribution in [1.82, 2.24) is 19.4 Å². The number of carbonyl (C=O) groups is 1. The van der Waals surface area contributed by atoms with Gasteiger partial charge in [0.2, 0.25) is 11.8 Å². The molecule has 7 heteroatoms. The number of nitrogens with zero attached hydrogens (tertiary/aromatic N) is 4. The first-order chi connectivity index (χ1) is 11.8. The number of amides is 1. The van der Waals surface area contributed by atoms with Crippen molar-refractivity contribution in [3.63, 3.8) is 0 Å². The Kier molecular flexibility index (Phi) is 4.17. The van der Waals surface area contributed by atoms with E-state index in [2.05, 4.69) is 14.5 Å². The Morgan fingerprint density at radius 3 is 3.21 bits per heavy atom. The van der Waals surface area contributed by atoms with E-state index >= 15 is 0 Å². The highest BCUT2D eigenvalue weighted by Crippen LogP contribution is 2.25. The summed E-state index contributed by atoms with van der Waals surface area (Å²) in [5.41, 5.74) is 0.688. The van der Waals surface area contributed by atoms with E-state index in [0.717, 1.165) is 30.8 Å². The zero-order chi connectivity index (χ0) is 16.4. The van der Waals surface area contributed by atoms with Gasteiger partial charge < -0.3 is 13.9 Å². The van der Waals surface area contributed by atoms with Gasteiger partial charge in [-0.05, 0) is 24.3 Å². The number of oxazole rings is 1. The minimum absolute atomic E-state index is 0.103. The normalized spacial score (nSPS) is 18.0. The zero-order valence-corrected chi connectivity index (χ0v) is 14.0. The van der Waals surface area contributed by atoms with Crippen molar-refractivity contribution in [2.45, 2.75) is 25.3 Å². The third-order valence-corrected chi connectivity index (χ3v) is 5.17. The van der Waals surface area contributed by atoms with E-state index in [0.29, 0.717) is 17.6 Å². The summed E-state index contributed by atoms with van der Waals surface area (Å²) in [7, 11) is 0. The molecule has 1 unspecified atom stereocenters. The first kappa shape index (κ1) is 15.1. The molecule has 1 atom stereocenters. The highest BCUT2D eigenvalue weighted by atomic mass is 32.1. The molecule has 0 radical (unpaired) electrons. The lowest BCUT2D eigenvalue weighted by Gasteiger charge is -2.33. The molecule has 1 aliphatic heterocycles. The molecule has 1 saturated heterocycles. The van der Waals surface area contributed by atoms with Crippen LogP contribution in [0.5, 0.6) is 0 Å². The molecule has 0 bridgehead atoms. The van der Waals surface area contributed by atoms with Crippen molar-refractivity contribution in [3.05, 3.63) is 48.2 Å². The van der Waals surface area contributed by atoms with Gasteiger partial charge >= 0.3 is 0 Å². The molecule has 3 aromatic heterocycles. The van der Waals surface area contributed by atoms with Gasteiger partial charge in [0.15, 0.2) is 0 Å². The number of rotatable bonds is 4. The molecule has 0 N–H and O–H groups in total. The summed E-state index contributed by atoms with van der Waals surface area (Å²) in [6.45, 7) is 1.53.